The number of carbonyl (C=O) groups excluding carboxylic acids is 1. The quantitative estimate of drug-likeness (QED) is 0.756. The zero-order valence-electron chi connectivity index (χ0n) is 16.5. The highest BCUT2D eigenvalue weighted by molar-refractivity contribution is 6.74. The van der Waals surface area contributed by atoms with Crippen molar-refractivity contribution in [1.82, 2.24) is 14.5 Å². The van der Waals surface area contributed by atoms with Crippen molar-refractivity contribution in [2.24, 2.45) is 0 Å². The van der Waals surface area contributed by atoms with Gasteiger partial charge < -0.3 is 13.9 Å². The van der Waals surface area contributed by atoms with E-state index in [1.807, 2.05) is 16.4 Å². The van der Waals surface area contributed by atoms with E-state index in [0.29, 0.717) is 36.4 Å². The molecule has 0 saturated carbocycles. The van der Waals surface area contributed by atoms with Crippen molar-refractivity contribution in [2.45, 2.75) is 58.4 Å². The summed E-state index contributed by atoms with van der Waals surface area (Å²) in [6.07, 6.45) is 1.19. The Morgan fingerprint density at radius 1 is 1.35 bits per heavy atom. The molecule has 0 saturated heterocycles. The highest BCUT2D eigenvalue weighted by Gasteiger charge is 2.38. The van der Waals surface area contributed by atoms with Gasteiger partial charge in [0, 0.05) is 25.2 Å². The number of hydrogen-bond acceptors (Lipinski definition) is 3. The van der Waals surface area contributed by atoms with Gasteiger partial charge in [0.2, 0.25) is 0 Å². The fourth-order valence-corrected chi connectivity index (χ4v) is 4.16. The Morgan fingerprint density at radius 2 is 2.04 bits per heavy atom. The molecule has 1 amide bonds. The fraction of sp³-hybridized carbons (Fsp3) is 0.579. The maximum Gasteiger partial charge on any atom is 0.270 e. The molecule has 0 unspecified atom stereocenters. The average molecular weight is 378 g/mol. The summed E-state index contributed by atoms with van der Waals surface area (Å²) in [5.41, 5.74) is 1.90. The molecule has 0 fully saturated rings. The van der Waals surface area contributed by atoms with Gasteiger partial charge in [-0.25, -0.2) is 4.39 Å². The predicted molar refractivity (Wildman–Crippen MR) is 103 cm³/mol. The van der Waals surface area contributed by atoms with Crippen LogP contribution in [0.5, 0.6) is 0 Å². The lowest BCUT2D eigenvalue weighted by molar-refractivity contribution is 0.0577. The first-order chi connectivity index (χ1) is 12.0. The number of pyridine rings is 1. The molecule has 0 aliphatic carbocycles. The highest BCUT2D eigenvalue weighted by atomic mass is 28.4. The molecule has 142 valence electrons. The monoisotopic (exact) mass is 377 g/mol. The van der Waals surface area contributed by atoms with Crippen molar-refractivity contribution in [3.63, 3.8) is 0 Å². The van der Waals surface area contributed by atoms with Crippen LogP contribution in [0.15, 0.2) is 18.3 Å². The van der Waals surface area contributed by atoms with Gasteiger partial charge in [-0.2, -0.15) is 0 Å². The van der Waals surface area contributed by atoms with Gasteiger partial charge in [0.05, 0.1) is 23.8 Å². The van der Waals surface area contributed by atoms with Gasteiger partial charge in [-0.1, -0.05) is 20.8 Å². The van der Waals surface area contributed by atoms with Gasteiger partial charge in [0.1, 0.15) is 11.5 Å². The van der Waals surface area contributed by atoms with Crippen LogP contribution < -0.4 is 0 Å². The first kappa shape index (κ1) is 19.0. The van der Waals surface area contributed by atoms with Gasteiger partial charge in [-0.05, 0) is 31.1 Å². The Morgan fingerprint density at radius 3 is 2.69 bits per heavy atom. The summed E-state index contributed by atoms with van der Waals surface area (Å²) in [6.45, 7) is 14.8. The van der Waals surface area contributed by atoms with Gasteiger partial charge in [0.25, 0.3) is 5.91 Å². The number of carbonyl (C=O) groups is 1. The van der Waals surface area contributed by atoms with E-state index in [2.05, 4.69) is 38.8 Å². The Bertz CT molecular complexity index is 841. The summed E-state index contributed by atoms with van der Waals surface area (Å²) in [6, 6.07) is 3.23. The van der Waals surface area contributed by atoms with Crippen molar-refractivity contribution < 1.29 is 13.6 Å². The SMILES string of the molecule is C[C@H]1Cn2c(cc3ncc(F)cc32)C(=O)N1CCO[Si](C)(C)C(C)(C)C. The van der Waals surface area contributed by atoms with Crippen LogP contribution in [0.4, 0.5) is 4.39 Å². The zero-order chi connectivity index (χ0) is 19.3. The van der Waals surface area contributed by atoms with Crippen molar-refractivity contribution in [1.29, 1.82) is 0 Å². The van der Waals surface area contributed by atoms with Crippen molar-refractivity contribution in [3.05, 3.63) is 29.8 Å². The summed E-state index contributed by atoms with van der Waals surface area (Å²) >= 11 is 0. The largest absolute Gasteiger partial charge is 0.415 e. The molecule has 2 aromatic rings. The minimum Gasteiger partial charge on any atom is -0.415 e. The average Bonchev–Trinajstić information content (AvgIpc) is 2.87. The second-order valence-electron chi connectivity index (χ2n) is 8.65. The van der Waals surface area contributed by atoms with Gasteiger partial charge in [-0.3, -0.25) is 9.78 Å². The van der Waals surface area contributed by atoms with E-state index in [1.54, 1.807) is 6.07 Å². The first-order valence-electron chi connectivity index (χ1n) is 9.11. The lowest BCUT2D eigenvalue weighted by Crippen LogP contribution is -2.49. The Labute approximate surface area is 155 Å². The van der Waals surface area contributed by atoms with E-state index >= 15 is 0 Å². The summed E-state index contributed by atoms with van der Waals surface area (Å²) in [5, 5.41) is 0.146. The van der Waals surface area contributed by atoms with Crippen LogP contribution in [0, 0.1) is 5.82 Å². The van der Waals surface area contributed by atoms with Crippen molar-refractivity contribution in [3.8, 4) is 0 Å². The Balaban J connectivity index is 1.78. The van der Waals surface area contributed by atoms with E-state index in [-0.39, 0.29) is 22.8 Å². The highest BCUT2D eigenvalue weighted by Crippen LogP contribution is 2.36. The van der Waals surface area contributed by atoms with E-state index < -0.39 is 8.32 Å². The number of halogens is 1. The molecule has 1 aliphatic heterocycles. The Hall–Kier alpha value is -1.73. The number of amides is 1. The van der Waals surface area contributed by atoms with Crippen LogP contribution in [0.3, 0.4) is 0 Å². The van der Waals surface area contributed by atoms with Gasteiger partial charge in [0.15, 0.2) is 8.32 Å². The van der Waals surface area contributed by atoms with Crippen LogP contribution in [0.2, 0.25) is 18.1 Å². The third kappa shape index (κ3) is 3.30. The molecule has 3 rings (SSSR count). The van der Waals surface area contributed by atoms with E-state index in [0.717, 1.165) is 0 Å². The summed E-state index contributed by atoms with van der Waals surface area (Å²) in [4.78, 5) is 18.9. The molecule has 7 heteroatoms. The van der Waals surface area contributed by atoms with Gasteiger partial charge in [-0.15, -0.1) is 0 Å². The van der Waals surface area contributed by atoms with Crippen LogP contribution in [0.25, 0.3) is 11.0 Å². The van der Waals surface area contributed by atoms with Crippen molar-refractivity contribution in [2.75, 3.05) is 13.2 Å². The standard InChI is InChI=1S/C19H28FN3O2Si/c1-13-12-23-16-9-14(20)11-21-15(16)10-17(23)18(24)22(13)7-8-25-26(5,6)19(2,3)4/h9-11,13H,7-8,12H2,1-6H3/t13-/m0/s1. The number of fused-ring (bicyclic) bond motifs is 3. The van der Waals surface area contributed by atoms with E-state index in [9.17, 15) is 9.18 Å². The molecule has 0 aromatic carbocycles. The molecular weight excluding hydrogens is 349 g/mol. The number of aromatic nitrogens is 2. The molecule has 5 nitrogen and oxygen atoms in total. The molecule has 0 bridgehead atoms. The maximum atomic E-state index is 13.5. The van der Waals surface area contributed by atoms with Crippen LogP contribution >= 0.6 is 0 Å². The predicted octanol–water partition coefficient (Wildman–Crippen LogP) is 4.04. The molecule has 0 radical (unpaired) electrons. The molecule has 1 aliphatic rings. The molecule has 0 spiro atoms. The molecule has 26 heavy (non-hydrogen) atoms. The fourth-order valence-electron chi connectivity index (χ4n) is 3.13. The number of rotatable bonds is 4. The number of nitrogens with zero attached hydrogens (tertiary/aromatic N) is 3. The third-order valence-corrected chi connectivity index (χ3v) is 10.3. The summed E-state index contributed by atoms with van der Waals surface area (Å²) in [5.74, 6) is -0.426. The van der Waals surface area contributed by atoms with Crippen molar-refractivity contribution >= 4 is 25.3 Å². The molecule has 2 aromatic heterocycles. The summed E-state index contributed by atoms with van der Waals surface area (Å²) < 4.78 is 21.7. The normalized spacial score (nSPS) is 18.5. The lowest BCUT2D eigenvalue weighted by Gasteiger charge is -2.38. The second kappa shape index (κ2) is 6.46. The maximum absolute atomic E-state index is 13.5. The Kier molecular flexibility index (Phi) is 4.73. The lowest BCUT2D eigenvalue weighted by atomic mass is 10.2. The van der Waals surface area contributed by atoms with Crippen LogP contribution in [0.1, 0.15) is 38.2 Å². The molecule has 0 N–H and O–H groups in total. The topological polar surface area (TPSA) is 47.4 Å². The van der Waals surface area contributed by atoms with Gasteiger partial charge >= 0.3 is 0 Å². The van der Waals surface area contributed by atoms with Crippen LogP contribution in [-0.2, 0) is 11.0 Å². The van der Waals surface area contributed by atoms with Crippen LogP contribution in [-0.4, -0.2) is 47.9 Å². The second-order valence-corrected chi connectivity index (χ2v) is 13.5. The van der Waals surface area contributed by atoms with E-state index in [4.69, 9.17) is 4.43 Å². The smallest absolute Gasteiger partial charge is 0.270 e. The number of hydrogen-bond donors (Lipinski definition) is 0. The first-order valence-corrected chi connectivity index (χ1v) is 12.0. The molecule has 3 heterocycles. The minimum atomic E-state index is -1.83. The molecular formula is C19H28FN3O2Si. The zero-order valence-corrected chi connectivity index (χ0v) is 17.5. The third-order valence-electron chi connectivity index (χ3n) is 5.78. The van der Waals surface area contributed by atoms with E-state index in [1.165, 1.54) is 12.3 Å². The minimum absolute atomic E-state index is 0.0249. The summed E-state index contributed by atoms with van der Waals surface area (Å²) in [7, 11) is -1.83. The molecule has 1 atom stereocenters.